The molecule has 3 nitrogen and oxygen atoms in total. The van der Waals surface area contributed by atoms with Gasteiger partial charge in [0.2, 0.25) is 0 Å². The second kappa shape index (κ2) is 6.30. The van der Waals surface area contributed by atoms with Crippen molar-refractivity contribution in [3.63, 3.8) is 0 Å². The first-order chi connectivity index (χ1) is 9.89. The van der Waals surface area contributed by atoms with Gasteiger partial charge in [0.05, 0.1) is 19.2 Å². The topological polar surface area (TPSA) is 34.1 Å². The van der Waals surface area contributed by atoms with Gasteiger partial charge in [-0.25, -0.2) is 4.98 Å². The van der Waals surface area contributed by atoms with E-state index in [1.54, 1.807) is 19.2 Å². The quantitative estimate of drug-likeness (QED) is 0.914. The first-order valence-corrected chi connectivity index (χ1v) is 6.62. The molecule has 2 aromatic rings. The van der Waals surface area contributed by atoms with Crippen LogP contribution in [0.15, 0.2) is 30.3 Å². The third-order valence-corrected chi connectivity index (χ3v) is 3.13. The van der Waals surface area contributed by atoms with Crippen molar-refractivity contribution in [1.29, 1.82) is 0 Å². The van der Waals surface area contributed by atoms with Crippen LogP contribution >= 0.6 is 0 Å². The number of nitrogens with zero attached hydrogens (tertiary/aromatic N) is 1. The van der Waals surface area contributed by atoms with E-state index in [4.69, 9.17) is 4.74 Å². The largest absolute Gasteiger partial charge is 0.494 e. The molecule has 2 rings (SSSR count). The minimum atomic E-state index is -4.16. The minimum absolute atomic E-state index is 0.283. The number of ether oxygens (including phenoxy) is 1. The van der Waals surface area contributed by atoms with Gasteiger partial charge in [0.1, 0.15) is 11.3 Å². The van der Waals surface area contributed by atoms with Gasteiger partial charge in [-0.3, -0.25) is 0 Å². The normalized spacial score (nSPS) is 13.4. The Morgan fingerprint density at radius 3 is 2.67 bits per heavy atom. The fraction of sp³-hybridized carbons (Fsp3) is 0.400. The van der Waals surface area contributed by atoms with E-state index in [0.717, 1.165) is 5.39 Å². The summed E-state index contributed by atoms with van der Waals surface area (Å²) in [6, 6.07) is 8.62. The van der Waals surface area contributed by atoms with Gasteiger partial charge in [-0.1, -0.05) is 18.2 Å². The Balaban J connectivity index is 2.09. The SMILES string of the molecule is COc1cccc2ccc(CNC(C)CC(F)(F)F)nc12. The molecule has 0 amide bonds. The number of hydrogen-bond acceptors (Lipinski definition) is 3. The molecule has 0 aliphatic heterocycles. The smallest absolute Gasteiger partial charge is 0.390 e. The third-order valence-electron chi connectivity index (χ3n) is 3.13. The summed E-state index contributed by atoms with van der Waals surface area (Å²) >= 11 is 0. The number of alkyl halides is 3. The van der Waals surface area contributed by atoms with Gasteiger partial charge >= 0.3 is 6.18 Å². The van der Waals surface area contributed by atoms with Crippen LogP contribution in [0.2, 0.25) is 0 Å². The second-order valence-electron chi connectivity index (χ2n) is 4.94. The molecule has 0 fully saturated rings. The molecule has 1 aromatic carbocycles. The summed E-state index contributed by atoms with van der Waals surface area (Å²) < 4.78 is 42.0. The van der Waals surface area contributed by atoms with E-state index in [9.17, 15) is 13.2 Å². The van der Waals surface area contributed by atoms with E-state index in [1.807, 2.05) is 18.2 Å². The average molecular weight is 298 g/mol. The predicted octanol–water partition coefficient (Wildman–Crippen LogP) is 3.67. The van der Waals surface area contributed by atoms with E-state index < -0.39 is 18.6 Å². The molecule has 0 radical (unpaired) electrons. The fourth-order valence-electron chi connectivity index (χ4n) is 2.12. The molecule has 1 atom stereocenters. The van der Waals surface area contributed by atoms with Crippen LogP contribution in [0.4, 0.5) is 13.2 Å². The summed E-state index contributed by atoms with van der Waals surface area (Å²) in [4.78, 5) is 4.45. The lowest BCUT2D eigenvalue weighted by Gasteiger charge is -2.15. The van der Waals surface area contributed by atoms with Crippen molar-refractivity contribution in [1.82, 2.24) is 10.3 Å². The maximum Gasteiger partial charge on any atom is 0.390 e. The summed E-state index contributed by atoms with van der Waals surface area (Å²) in [6.07, 6.45) is -5.02. The van der Waals surface area contributed by atoms with Crippen molar-refractivity contribution >= 4 is 10.9 Å². The fourth-order valence-corrected chi connectivity index (χ4v) is 2.12. The highest BCUT2D eigenvalue weighted by Gasteiger charge is 2.29. The average Bonchev–Trinajstić information content (AvgIpc) is 2.42. The number of benzene rings is 1. The molecule has 114 valence electrons. The second-order valence-corrected chi connectivity index (χ2v) is 4.94. The highest BCUT2D eigenvalue weighted by atomic mass is 19.4. The molecule has 1 N–H and O–H groups in total. The lowest BCUT2D eigenvalue weighted by atomic mass is 10.2. The van der Waals surface area contributed by atoms with Crippen LogP contribution in [0, 0.1) is 0 Å². The summed E-state index contributed by atoms with van der Waals surface area (Å²) in [7, 11) is 1.56. The highest BCUT2D eigenvalue weighted by Crippen LogP contribution is 2.24. The number of methoxy groups -OCH3 is 1. The van der Waals surface area contributed by atoms with Crippen molar-refractivity contribution in [2.45, 2.75) is 32.1 Å². The number of rotatable bonds is 5. The highest BCUT2D eigenvalue weighted by molar-refractivity contribution is 5.84. The maximum absolute atomic E-state index is 12.3. The molecule has 0 saturated carbocycles. The molecule has 21 heavy (non-hydrogen) atoms. The number of pyridine rings is 1. The number of para-hydroxylation sites is 1. The zero-order valence-electron chi connectivity index (χ0n) is 11.9. The molecule has 0 spiro atoms. The van der Waals surface area contributed by atoms with Gasteiger partial charge in [-0.05, 0) is 19.1 Å². The lowest BCUT2D eigenvalue weighted by molar-refractivity contribution is -0.139. The number of halogens is 3. The number of nitrogens with one attached hydrogen (secondary N) is 1. The van der Waals surface area contributed by atoms with Crippen molar-refractivity contribution in [3.05, 3.63) is 36.0 Å². The molecule has 1 aromatic heterocycles. The van der Waals surface area contributed by atoms with Gasteiger partial charge in [-0.2, -0.15) is 13.2 Å². The molecule has 1 unspecified atom stereocenters. The van der Waals surface area contributed by atoms with Gasteiger partial charge < -0.3 is 10.1 Å². The van der Waals surface area contributed by atoms with Gasteiger partial charge in [0.15, 0.2) is 0 Å². The standard InChI is InChI=1S/C15H17F3N2O/c1-10(8-15(16,17)18)19-9-12-7-6-11-4-3-5-13(21-2)14(11)20-12/h3-7,10,19H,8-9H2,1-2H3. The van der Waals surface area contributed by atoms with Crippen LogP contribution in [0.25, 0.3) is 10.9 Å². The van der Waals surface area contributed by atoms with Crippen LogP contribution < -0.4 is 10.1 Å². The Morgan fingerprint density at radius 1 is 1.24 bits per heavy atom. The monoisotopic (exact) mass is 298 g/mol. The molecule has 0 bridgehead atoms. The third kappa shape index (κ3) is 4.32. The molecule has 0 saturated heterocycles. The van der Waals surface area contributed by atoms with Crippen LogP contribution in [-0.2, 0) is 6.54 Å². The summed E-state index contributed by atoms with van der Waals surface area (Å²) in [5, 5.41) is 3.77. The Hall–Kier alpha value is -1.82. The minimum Gasteiger partial charge on any atom is -0.494 e. The summed E-state index contributed by atoms with van der Waals surface area (Å²) in [6.45, 7) is 1.79. The first kappa shape index (κ1) is 15.6. The first-order valence-electron chi connectivity index (χ1n) is 6.62. The van der Waals surface area contributed by atoms with E-state index in [0.29, 0.717) is 17.0 Å². The Labute approximate surface area is 121 Å². The molecule has 0 aliphatic carbocycles. The number of aromatic nitrogens is 1. The van der Waals surface area contributed by atoms with E-state index >= 15 is 0 Å². The number of hydrogen-bond donors (Lipinski definition) is 1. The van der Waals surface area contributed by atoms with Gasteiger partial charge in [-0.15, -0.1) is 0 Å². The molecular weight excluding hydrogens is 281 g/mol. The summed E-state index contributed by atoms with van der Waals surface area (Å²) in [5.74, 6) is 0.651. The molecule has 1 heterocycles. The van der Waals surface area contributed by atoms with Gasteiger partial charge in [0, 0.05) is 18.0 Å². The zero-order valence-corrected chi connectivity index (χ0v) is 11.9. The van der Waals surface area contributed by atoms with Gasteiger partial charge in [0.25, 0.3) is 0 Å². The van der Waals surface area contributed by atoms with Crippen molar-refractivity contribution in [3.8, 4) is 5.75 Å². The van der Waals surface area contributed by atoms with Crippen molar-refractivity contribution in [2.75, 3.05) is 7.11 Å². The van der Waals surface area contributed by atoms with Crippen LogP contribution in [0.5, 0.6) is 5.75 Å². The van der Waals surface area contributed by atoms with Crippen LogP contribution in [-0.4, -0.2) is 24.3 Å². The Morgan fingerprint density at radius 2 is 2.00 bits per heavy atom. The van der Waals surface area contributed by atoms with E-state index in [1.165, 1.54) is 6.92 Å². The Kier molecular flexibility index (Phi) is 4.67. The Bertz CT molecular complexity index is 613. The lowest BCUT2D eigenvalue weighted by Crippen LogP contribution is -2.30. The zero-order chi connectivity index (χ0) is 15.5. The van der Waals surface area contributed by atoms with Crippen molar-refractivity contribution in [2.24, 2.45) is 0 Å². The van der Waals surface area contributed by atoms with Crippen molar-refractivity contribution < 1.29 is 17.9 Å². The van der Waals surface area contributed by atoms with Crippen LogP contribution in [0.1, 0.15) is 19.0 Å². The summed E-state index contributed by atoms with van der Waals surface area (Å²) in [5.41, 5.74) is 1.39. The maximum atomic E-state index is 12.3. The van der Waals surface area contributed by atoms with E-state index in [-0.39, 0.29) is 6.54 Å². The number of fused-ring (bicyclic) bond motifs is 1. The molecule has 0 aliphatic rings. The van der Waals surface area contributed by atoms with E-state index in [2.05, 4.69) is 10.3 Å². The van der Waals surface area contributed by atoms with Crippen LogP contribution in [0.3, 0.4) is 0 Å². The molecule has 6 heteroatoms. The predicted molar refractivity (Wildman–Crippen MR) is 75.3 cm³/mol. The molecular formula is C15H17F3N2O.